The van der Waals surface area contributed by atoms with E-state index in [0.717, 1.165) is 103 Å². The number of phosphoric acid groups is 1. The van der Waals surface area contributed by atoms with Crippen LogP contribution < -0.4 is 10.2 Å². The van der Waals surface area contributed by atoms with Gasteiger partial charge in [-0.1, -0.05) is 249 Å². The highest BCUT2D eigenvalue weighted by molar-refractivity contribution is 7.45. The van der Waals surface area contributed by atoms with Crippen molar-refractivity contribution in [1.82, 2.24) is 5.32 Å². The van der Waals surface area contributed by atoms with Crippen molar-refractivity contribution < 1.29 is 37.3 Å². The number of rotatable bonds is 57. The molecule has 0 aromatic carbocycles. The van der Waals surface area contributed by atoms with Gasteiger partial charge in [0.15, 0.2) is 0 Å². The van der Waals surface area contributed by atoms with Gasteiger partial charge in [0.2, 0.25) is 5.91 Å². The van der Waals surface area contributed by atoms with E-state index in [-0.39, 0.29) is 24.9 Å². The van der Waals surface area contributed by atoms with Gasteiger partial charge in [0.05, 0.1) is 33.8 Å². The second kappa shape index (κ2) is 55.0. The lowest BCUT2D eigenvalue weighted by molar-refractivity contribution is -0.870. The van der Waals surface area contributed by atoms with Crippen LogP contribution >= 0.6 is 7.82 Å². The Morgan fingerprint density at radius 1 is 0.480 bits per heavy atom. The summed E-state index contributed by atoms with van der Waals surface area (Å²) in [6.07, 6.45) is 69.0. The van der Waals surface area contributed by atoms with Crippen LogP contribution in [0, 0.1) is 0 Å². The number of carbonyl (C=O) groups is 2. The van der Waals surface area contributed by atoms with E-state index in [1.165, 1.54) is 154 Å². The van der Waals surface area contributed by atoms with Crippen LogP contribution in [0.5, 0.6) is 0 Å². The summed E-state index contributed by atoms with van der Waals surface area (Å²) < 4.78 is 30.3. The number of amides is 1. The average molecular weight is 1070 g/mol. The summed E-state index contributed by atoms with van der Waals surface area (Å²) in [5.41, 5.74) is 0. The van der Waals surface area contributed by atoms with E-state index in [2.05, 4.69) is 74.7 Å². The Balaban J connectivity index is 5.21. The van der Waals surface area contributed by atoms with Gasteiger partial charge in [-0.25, -0.2) is 0 Å². The van der Waals surface area contributed by atoms with Gasteiger partial charge in [-0.05, 0) is 89.5 Å². The molecule has 1 amide bonds. The van der Waals surface area contributed by atoms with Crippen molar-refractivity contribution in [2.24, 2.45) is 0 Å². The van der Waals surface area contributed by atoms with Crippen LogP contribution in [-0.2, 0) is 27.9 Å². The predicted molar refractivity (Wildman–Crippen MR) is 321 cm³/mol. The van der Waals surface area contributed by atoms with E-state index in [0.29, 0.717) is 17.4 Å². The lowest BCUT2D eigenvalue weighted by Crippen LogP contribution is -2.47. The predicted octanol–water partition coefficient (Wildman–Crippen LogP) is 18.8. The fraction of sp³-hybridized carbons (Fsp3) is 0.815. The Morgan fingerprint density at radius 3 is 1.29 bits per heavy atom. The number of phosphoric ester groups is 1. The molecule has 0 aliphatic rings. The number of hydrogen-bond acceptors (Lipinski definition) is 7. The van der Waals surface area contributed by atoms with Gasteiger partial charge < -0.3 is 28.5 Å². The molecular formula is C65H121N2O7P. The Labute approximate surface area is 464 Å². The van der Waals surface area contributed by atoms with Crippen LogP contribution in [0.1, 0.15) is 290 Å². The summed E-state index contributed by atoms with van der Waals surface area (Å²) in [5.74, 6) is -0.551. The van der Waals surface area contributed by atoms with Gasteiger partial charge in [0.25, 0.3) is 7.82 Å². The molecule has 3 unspecified atom stereocenters. The average Bonchev–Trinajstić information content (AvgIpc) is 3.37. The summed E-state index contributed by atoms with van der Waals surface area (Å²) >= 11 is 0. The molecule has 0 heterocycles. The number of carbonyl (C=O) groups excluding carboxylic acids is 2. The number of nitrogens with one attached hydrogen (secondary N) is 1. The molecule has 9 nitrogen and oxygen atoms in total. The van der Waals surface area contributed by atoms with Crippen LogP contribution in [0.4, 0.5) is 0 Å². The topological polar surface area (TPSA) is 114 Å². The molecule has 438 valence electrons. The first-order valence-corrected chi connectivity index (χ1v) is 33.1. The van der Waals surface area contributed by atoms with Gasteiger partial charge in [-0.2, -0.15) is 0 Å². The van der Waals surface area contributed by atoms with E-state index in [1.54, 1.807) is 0 Å². The standard InChI is InChI=1S/C65H121N2O7P/c1-7-10-13-16-19-22-25-28-30-32-33-34-35-36-38-40-43-46-49-52-55-58-65(69)74-63(56-53-50-47-44-41-27-24-21-18-15-12-9-3)62(61-73-75(70,71)72-60-59-67(4,5)6)66-64(68)57-54-51-48-45-42-39-37-31-29-26-23-20-17-14-11-8-2/h11,14,20,23,28-31,53,56,62-63H,7-10,12-13,15-19,21-22,24-27,32-52,54-55,57-61H2,1-6H3,(H-,66,68,70,71)/b14-11+,23-20+,30-28+,31-29+,56-53+. The van der Waals surface area contributed by atoms with Gasteiger partial charge in [0, 0.05) is 12.8 Å². The minimum Gasteiger partial charge on any atom is -0.756 e. The molecule has 0 bridgehead atoms. The van der Waals surface area contributed by atoms with Gasteiger partial charge in [-0.15, -0.1) is 0 Å². The van der Waals surface area contributed by atoms with Crippen LogP contribution in [-0.4, -0.2) is 69.4 Å². The third kappa shape index (κ3) is 56.2. The molecule has 0 rings (SSSR count). The zero-order valence-electron chi connectivity index (χ0n) is 50.0. The highest BCUT2D eigenvalue weighted by Crippen LogP contribution is 2.38. The third-order valence-electron chi connectivity index (χ3n) is 13.9. The highest BCUT2D eigenvalue weighted by Gasteiger charge is 2.27. The Bertz CT molecular complexity index is 1470. The monoisotopic (exact) mass is 1070 g/mol. The molecule has 0 saturated heterocycles. The smallest absolute Gasteiger partial charge is 0.306 e. The first-order chi connectivity index (χ1) is 36.4. The number of esters is 1. The summed E-state index contributed by atoms with van der Waals surface area (Å²) in [7, 11) is 1.18. The SMILES string of the molecule is CC/C=C/C/C=C/C/C=C/CCCCCCCCC(=O)NC(COP(=O)([O-])OCC[N+](C)(C)C)C(/C=C/CCCCCCCCCCCC)OC(=O)CCCCCCCCCCCCC/C=C/CCCCCCCC. The quantitative estimate of drug-likeness (QED) is 0.0212. The number of unbranched alkanes of at least 4 members (excludes halogenated alkanes) is 33. The minimum atomic E-state index is -4.70. The maximum atomic E-state index is 13.5. The van der Waals surface area contributed by atoms with Gasteiger partial charge in [0.1, 0.15) is 19.3 Å². The fourth-order valence-corrected chi connectivity index (χ4v) is 9.78. The van der Waals surface area contributed by atoms with E-state index in [1.807, 2.05) is 33.3 Å². The van der Waals surface area contributed by atoms with E-state index < -0.39 is 26.6 Å². The van der Waals surface area contributed by atoms with E-state index in [4.69, 9.17) is 13.8 Å². The molecule has 0 saturated carbocycles. The highest BCUT2D eigenvalue weighted by atomic mass is 31.2. The molecule has 1 N–H and O–H groups in total. The Hall–Kier alpha value is -2.29. The lowest BCUT2D eigenvalue weighted by Gasteiger charge is -2.30. The lowest BCUT2D eigenvalue weighted by atomic mass is 10.0. The maximum Gasteiger partial charge on any atom is 0.306 e. The summed E-state index contributed by atoms with van der Waals surface area (Å²) in [4.78, 5) is 40.0. The molecule has 0 aliphatic carbocycles. The zero-order chi connectivity index (χ0) is 55.0. The Morgan fingerprint density at radius 2 is 0.853 bits per heavy atom. The number of hydrogen-bond donors (Lipinski definition) is 1. The normalized spacial score (nSPS) is 14.1. The van der Waals surface area contributed by atoms with E-state index >= 15 is 0 Å². The molecule has 0 radical (unpaired) electrons. The van der Waals surface area contributed by atoms with Crippen molar-refractivity contribution in [3.63, 3.8) is 0 Å². The summed E-state index contributed by atoms with van der Waals surface area (Å²) in [6.45, 7) is 6.73. The Kier molecular flexibility index (Phi) is 53.4. The van der Waals surface area contributed by atoms with E-state index in [9.17, 15) is 19.0 Å². The largest absolute Gasteiger partial charge is 0.756 e. The minimum absolute atomic E-state index is 0.0259. The summed E-state index contributed by atoms with van der Waals surface area (Å²) in [5, 5.41) is 3.02. The molecule has 10 heteroatoms. The van der Waals surface area contributed by atoms with Gasteiger partial charge >= 0.3 is 5.97 Å². The number of allylic oxidation sites excluding steroid dienone is 9. The molecule has 0 aliphatic heterocycles. The van der Waals surface area contributed by atoms with Crippen LogP contribution in [0.3, 0.4) is 0 Å². The maximum absolute atomic E-state index is 13.5. The molecule has 0 fully saturated rings. The van der Waals surface area contributed by atoms with Crippen molar-refractivity contribution in [3.8, 4) is 0 Å². The first-order valence-electron chi connectivity index (χ1n) is 31.6. The molecule has 0 spiro atoms. The van der Waals surface area contributed by atoms with Crippen molar-refractivity contribution in [1.29, 1.82) is 0 Å². The van der Waals surface area contributed by atoms with Crippen LogP contribution in [0.25, 0.3) is 0 Å². The second-order valence-electron chi connectivity index (χ2n) is 22.5. The van der Waals surface area contributed by atoms with Gasteiger partial charge in [-0.3, -0.25) is 14.2 Å². The summed E-state index contributed by atoms with van der Waals surface area (Å²) in [6, 6.07) is -0.896. The second-order valence-corrected chi connectivity index (χ2v) is 23.9. The van der Waals surface area contributed by atoms with Crippen molar-refractivity contribution in [3.05, 3.63) is 60.8 Å². The fourth-order valence-electron chi connectivity index (χ4n) is 9.06. The number of likely N-dealkylation sites (N-methyl/N-ethyl adjacent to an activating group) is 1. The third-order valence-corrected chi connectivity index (χ3v) is 14.9. The van der Waals surface area contributed by atoms with Crippen LogP contribution in [0.15, 0.2) is 60.8 Å². The first kappa shape index (κ1) is 72.7. The number of nitrogens with zero attached hydrogens (tertiary/aromatic N) is 1. The molecule has 0 aromatic rings. The van der Waals surface area contributed by atoms with Crippen molar-refractivity contribution >= 4 is 19.7 Å². The molecular weight excluding hydrogens is 952 g/mol. The van der Waals surface area contributed by atoms with Crippen molar-refractivity contribution in [2.45, 2.75) is 303 Å². The molecule has 75 heavy (non-hydrogen) atoms. The van der Waals surface area contributed by atoms with Crippen molar-refractivity contribution in [2.75, 3.05) is 40.9 Å². The van der Waals surface area contributed by atoms with Crippen LogP contribution in [0.2, 0.25) is 0 Å². The number of ether oxygens (including phenoxy) is 1. The number of quaternary nitrogens is 1. The molecule has 0 aromatic heterocycles. The zero-order valence-corrected chi connectivity index (χ0v) is 50.9. The molecule has 3 atom stereocenters.